The number of methoxy groups -OCH3 is 1. The van der Waals surface area contributed by atoms with Crippen LogP contribution in [-0.4, -0.2) is 23.8 Å². The maximum Gasteiger partial charge on any atom is 0.416 e. The van der Waals surface area contributed by atoms with Crippen molar-refractivity contribution in [3.8, 4) is 5.75 Å². The number of hydrogen-bond donors (Lipinski definition) is 1. The molecule has 8 heteroatoms. The molecule has 0 aliphatic rings. The van der Waals surface area contributed by atoms with Crippen LogP contribution in [0.25, 0.3) is 10.9 Å². The number of fused-ring (bicyclic) bond motifs is 1. The number of carbonyl (C=O) groups excluding carboxylic acids is 1. The van der Waals surface area contributed by atoms with Gasteiger partial charge in [0.05, 0.1) is 23.5 Å². The maximum atomic E-state index is 12.8. The van der Waals surface area contributed by atoms with E-state index in [2.05, 4.69) is 10.3 Å². The van der Waals surface area contributed by atoms with Crippen molar-refractivity contribution in [1.29, 1.82) is 0 Å². The zero-order valence-corrected chi connectivity index (χ0v) is 15.9. The van der Waals surface area contributed by atoms with Crippen LogP contribution in [0.5, 0.6) is 5.75 Å². The summed E-state index contributed by atoms with van der Waals surface area (Å²) in [5.41, 5.74) is 0.983. The number of nitrogens with one attached hydrogen (secondary N) is 1. The van der Waals surface area contributed by atoms with Crippen LogP contribution in [0, 0.1) is 6.92 Å². The van der Waals surface area contributed by atoms with Gasteiger partial charge < -0.3 is 10.1 Å². The lowest BCUT2D eigenvalue weighted by molar-refractivity contribution is -0.137. The van der Waals surface area contributed by atoms with Crippen molar-refractivity contribution in [3.63, 3.8) is 0 Å². The van der Waals surface area contributed by atoms with Crippen LogP contribution >= 0.6 is 11.8 Å². The lowest BCUT2D eigenvalue weighted by Gasteiger charge is -2.11. The van der Waals surface area contributed by atoms with E-state index in [1.54, 1.807) is 7.11 Å². The Morgan fingerprint density at radius 3 is 2.64 bits per heavy atom. The molecular formula is C20H17F3N2O2S. The number of anilines is 1. The quantitative estimate of drug-likeness (QED) is 0.584. The minimum atomic E-state index is -4.46. The van der Waals surface area contributed by atoms with Gasteiger partial charge in [0.2, 0.25) is 5.91 Å². The SMILES string of the molecule is COc1cccc2c(C)cc(SCC(=O)Nc3cccc(C(F)(F)F)c3)nc12. The second kappa shape index (κ2) is 8.10. The van der Waals surface area contributed by atoms with E-state index in [4.69, 9.17) is 4.74 Å². The molecule has 3 aromatic rings. The van der Waals surface area contributed by atoms with Crippen LogP contribution in [0.3, 0.4) is 0 Å². The van der Waals surface area contributed by atoms with E-state index in [0.717, 1.165) is 23.1 Å². The number of nitrogens with zero attached hydrogens (tertiary/aromatic N) is 1. The van der Waals surface area contributed by atoms with Crippen LogP contribution in [0.2, 0.25) is 0 Å². The molecule has 0 radical (unpaired) electrons. The maximum absolute atomic E-state index is 12.8. The summed E-state index contributed by atoms with van der Waals surface area (Å²) in [5.74, 6) is 0.240. The second-order valence-electron chi connectivity index (χ2n) is 6.05. The van der Waals surface area contributed by atoms with Crippen LogP contribution < -0.4 is 10.1 Å². The number of ether oxygens (including phenoxy) is 1. The third-order valence-corrected chi connectivity index (χ3v) is 4.94. The van der Waals surface area contributed by atoms with E-state index in [1.807, 2.05) is 31.2 Å². The van der Waals surface area contributed by atoms with Crippen LogP contribution in [-0.2, 0) is 11.0 Å². The zero-order valence-electron chi connectivity index (χ0n) is 15.1. The number of rotatable bonds is 5. The molecule has 1 N–H and O–H groups in total. The Morgan fingerprint density at radius 2 is 1.93 bits per heavy atom. The van der Waals surface area contributed by atoms with Gasteiger partial charge in [-0.15, -0.1) is 0 Å². The smallest absolute Gasteiger partial charge is 0.416 e. The van der Waals surface area contributed by atoms with Crippen molar-refractivity contribution in [1.82, 2.24) is 4.98 Å². The number of alkyl halides is 3. The van der Waals surface area contributed by atoms with E-state index in [0.29, 0.717) is 16.3 Å². The Balaban J connectivity index is 1.71. The molecule has 0 saturated heterocycles. The number of thioether (sulfide) groups is 1. The van der Waals surface area contributed by atoms with Crippen molar-refractivity contribution >= 4 is 34.3 Å². The highest BCUT2D eigenvalue weighted by Gasteiger charge is 2.30. The molecule has 0 unspecified atom stereocenters. The molecular weight excluding hydrogens is 389 g/mol. The summed E-state index contributed by atoms with van der Waals surface area (Å²) in [5, 5.41) is 4.08. The first kappa shape index (κ1) is 20.0. The average Bonchev–Trinajstić information content (AvgIpc) is 2.65. The highest BCUT2D eigenvalue weighted by Crippen LogP contribution is 2.31. The molecule has 0 spiro atoms. The van der Waals surface area contributed by atoms with Gasteiger partial charge in [-0.05, 0) is 42.8 Å². The predicted molar refractivity (Wildman–Crippen MR) is 104 cm³/mol. The predicted octanol–water partition coefficient (Wildman–Crippen LogP) is 5.30. The number of halogens is 3. The highest BCUT2D eigenvalue weighted by atomic mass is 32.2. The van der Waals surface area contributed by atoms with Crippen molar-refractivity contribution in [2.45, 2.75) is 18.1 Å². The molecule has 0 aliphatic carbocycles. The van der Waals surface area contributed by atoms with E-state index >= 15 is 0 Å². The first-order chi connectivity index (χ1) is 13.3. The first-order valence-electron chi connectivity index (χ1n) is 8.32. The molecule has 1 aromatic heterocycles. The summed E-state index contributed by atoms with van der Waals surface area (Å²) in [6.45, 7) is 1.94. The molecule has 0 fully saturated rings. The van der Waals surface area contributed by atoms with Crippen molar-refractivity contribution in [3.05, 3.63) is 59.7 Å². The molecule has 1 amide bonds. The molecule has 3 rings (SSSR count). The van der Waals surface area contributed by atoms with Crippen molar-refractivity contribution in [2.75, 3.05) is 18.2 Å². The number of amides is 1. The molecule has 28 heavy (non-hydrogen) atoms. The lowest BCUT2D eigenvalue weighted by atomic mass is 10.1. The van der Waals surface area contributed by atoms with Gasteiger partial charge in [-0.2, -0.15) is 13.2 Å². The summed E-state index contributed by atoms with van der Waals surface area (Å²) in [7, 11) is 1.56. The monoisotopic (exact) mass is 406 g/mol. The number of para-hydroxylation sites is 1. The molecule has 2 aromatic carbocycles. The average molecular weight is 406 g/mol. The highest BCUT2D eigenvalue weighted by molar-refractivity contribution is 7.99. The summed E-state index contributed by atoms with van der Waals surface area (Å²) >= 11 is 1.20. The van der Waals surface area contributed by atoms with E-state index < -0.39 is 17.6 Å². The summed E-state index contributed by atoms with van der Waals surface area (Å²) in [6.07, 6.45) is -4.46. The topological polar surface area (TPSA) is 51.2 Å². The Hall–Kier alpha value is -2.74. The van der Waals surface area contributed by atoms with Crippen molar-refractivity contribution < 1.29 is 22.7 Å². The third-order valence-electron chi connectivity index (χ3n) is 4.03. The summed E-state index contributed by atoms with van der Waals surface area (Å²) in [4.78, 5) is 16.7. The number of carbonyl (C=O) groups is 1. The van der Waals surface area contributed by atoms with E-state index in [9.17, 15) is 18.0 Å². The molecule has 0 aliphatic heterocycles. The number of hydrogen-bond acceptors (Lipinski definition) is 4. The Kier molecular flexibility index (Phi) is 5.79. The second-order valence-corrected chi connectivity index (χ2v) is 7.04. The van der Waals surface area contributed by atoms with Gasteiger partial charge in [0.15, 0.2) is 0 Å². The molecule has 0 saturated carbocycles. The Labute approximate surface area is 164 Å². The first-order valence-corrected chi connectivity index (χ1v) is 9.31. The lowest BCUT2D eigenvalue weighted by Crippen LogP contribution is -2.15. The third kappa shape index (κ3) is 4.56. The molecule has 1 heterocycles. The number of aryl methyl sites for hydroxylation is 1. The van der Waals surface area contributed by atoms with Gasteiger partial charge in [0.25, 0.3) is 0 Å². The number of aromatic nitrogens is 1. The van der Waals surface area contributed by atoms with Gasteiger partial charge in [0.1, 0.15) is 11.3 Å². The zero-order chi connectivity index (χ0) is 20.3. The normalized spacial score (nSPS) is 11.5. The minimum Gasteiger partial charge on any atom is -0.494 e. The van der Waals surface area contributed by atoms with Gasteiger partial charge >= 0.3 is 6.18 Å². The largest absolute Gasteiger partial charge is 0.494 e. The Morgan fingerprint density at radius 1 is 1.18 bits per heavy atom. The molecule has 0 atom stereocenters. The fourth-order valence-electron chi connectivity index (χ4n) is 2.71. The van der Waals surface area contributed by atoms with Gasteiger partial charge in [-0.3, -0.25) is 4.79 Å². The molecule has 0 bridgehead atoms. The van der Waals surface area contributed by atoms with Crippen molar-refractivity contribution in [2.24, 2.45) is 0 Å². The Bertz CT molecular complexity index is 1020. The molecule has 4 nitrogen and oxygen atoms in total. The van der Waals surface area contributed by atoms with Gasteiger partial charge in [-0.25, -0.2) is 4.98 Å². The van der Waals surface area contributed by atoms with Crippen LogP contribution in [0.1, 0.15) is 11.1 Å². The standard InChI is InChI=1S/C20H17F3N2O2S/c1-12-9-18(25-19-15(12)7-4-8-16(19)27-2)28-11-17(26)24-14-6-3-5-13(10-14)20(21,22)23/h3-10H,11H2,1-2H3,(H,24,26). The summed E-state index contributed by atoms with van der Waals surface area (Å²) < 4.78 is 43.6. The summed E-state index contributed by atoms with van der Waals surface area (Å²) in [6, 6.07) is 12.0. The number of pyridine rings is 1. The fourth-order valence-corrected chi connectivity index (χ4v) is 3.48. The number of benzene rings is 2. The fraction of sp³-hybridized carbons (Fsp3) is 0.200. The molecule has 146 valence electrons. The van der Waals surface area contributed by atoms with Crippen LogP contribution in [0.4, 0.5) is 18.9 Å². The van der Waals surface area contributed by atoms with E-state index in [1.165, 1.54) is 23.9 Å². The van der Waals surface area contributed by atoms with Gasteiger partial charge in [-0.1, -0.05) is 30.0 Å². The minimum absolute atomic E-state index is 0.0172. The van der Waals surface area contributed by atoms with E-state index in [-0.39, 0.29) is 11.4 Å². The van der Waals surface area contributed by atoms with Crippen LogP contribution in [0.15, 0.2) is 53.6 Å². The van der Waals surface area contributed by atoms with Gasteiger partial charge in [0, 0.05) is 11.1 Å².